The average molecular weight is 439 g/mol. The van der Waals surface area contributed by atoms with Gasteiger partial charge >= 0.3 is 0 Å². The molecule has 3 aromatic heterocycles. The van der Waals surface area contributed by atoms with E-state index >= 15 is 0 Å². The van der Waals surface area contributed by atoms with Crippen LogP contribution in [0.4, 0.5) is 5.82 Å². The predicted octanol–water partition coefficient (Wildman–Crippen LogP) is 2.64. The molecule has 0 amide bonds. The van der Waals surface area contributed by atoms with Crippen LogP contribution in [0, 0.1) is 0 Å². The molecule has 1 aliphatic rings. The van der Waals surface area contributed by atoms with Crippen molar-refractivity contribution in [2.45, 2.75) is 25.8 Å². The largest absolute Gasteiger partial charge is 0.368 e. The predicted molar refractivity (Wildman–Crippen MR) is 121 cm³/mol. The Balaban J connectivity index is 1.48. The van der Waals surface area contributed by atoms with E-state index in [1.54, 1.807) is 12.4 Å². The van der Waals surface area contributed by atoms with Crippen LogP contribution in [0.1, 0.15) is 25.2 Å². The zero-order chi connectivity index (χ0) is 21.4. The number of hydrogen-bond donors (Lipinski definition) is 2. The molecule has 0 radical (unpaired) electrons. The zero-order valence-electron chi connectivity index (χ0n) is 17.2. The highest BCUT2D eigenvalue weighted by atomic mass is 35.5. The minimum atomic E-state index is -0.0646. The van der Waals surface area contributed by atoms with E-state index in [-0.39, 0.29) is 11.6 Å². The van der Waals surface area contributed by atoms with Crippen molar-refractivity contribution >= 4 is 39.5 Å². The molecule has 0 aliphatic carbocycles. The molecular weight excluding hydrogens is 416 g/mol. The molecule has 4 aromatic rings. The number of nitrogens with zero attached hydrogens (tertiary/aromatic N) is 6. The summed E-state index contributed by atoms with van der Waals surface area (Å²) < 4.78 is 1.86. The molecule has 1 unspecified atom stereocenters. The van der Waals surface area contributed by atoms with Gasteiger partial charge in [-0.15, -0.1) is 0 Å². The van der Waals surface area contributed by atoms with Crippen molar-refractivity contribution < 1.29 is 0 Å². The number of likely N-dealkylation sites (N-methyl/N-ethyl adjacent to an activating group) is 1. The lowest BCUT2D eigenvalue weighted by atomic mass is 10.2. The van der Waals surface area contributed by atoms with E-state index in [4.69, 9.17) is 16.6 Å². The van der Waals surface area contributed by atoms with Gasteiger partial charge in [0, 0.05) is 26.1 Å². The Bertz CT molecular complexity index is 1300. The number of halogens is 1. The molecule has 0 saturated carbocycles. The van der Waals surface area contributed by atoms with Crippen molar-refractivity contribution in [2.75, 3.05) is 31.5 Å². The van der Waals surface area contributed by atoms with Gasteiger partial charge in [0.05, 0.1) is 28.3 Å². The van der Waals surface area contributed by atoms with Crippen molar-refractivity contribution in [3.8, 4) is 0 Å². The molecule has 4 heterocycles. The number of imidazole rings is 1. The highest BCUT2D eigenvalue weighted by molar-refractivity contribution is 6.35. The summed E-state index contributed by atoms with van der Waals surface area (Å²) in [4.78, 5) is 36.4. The molecule has 1 aliphatic heterocycles. The Morgan fingerprint density at radius 3 is 3.03 bits per heavy atom. The fourth-order valence-corrected chi connectivity index (χ4v) is 4.55. The van der Waals surface area contributed by atoms with Gasteiger partial charge in [-0.2, -0.15) is 0 Å². The summed E-state index contributed by atoms with van der Waals surface area (Å²) in [5.41, 5.74) is 1.93. The van der Waals surface area contributed by atoms with E-state index in [0.29, 0.717) is 45.9 Å². The molecule has 31 heavy (non-hydrogen) atoms. The zero-order valence-corrected chi connectivity index (χ0v) is 17.9. The van der Waals surface area contributed by atoms with Crippen LogP contribution in [0.15, 0.2) is 35.6 Å². The first-order valence-electron chi connectivity index (χ1n) is 10.5. The van der Waals surface area contributed by atoms with Gasteiger partial charge in [0.1, 0.15) is 17.7 Å². The van der Waals surface area contributed by atoms with Crippen LogP contribution in [-0.2, 0) is 6.42 Å². The second-order valence-corrected chi connectivity index (χ2v) is 8.08. The Morgan fingerprint density at radius 1 is 1.29 bits per heavy atom. The van der Waals surface area contributed by atoms with Crippen LogP contribution in [0.25, 0.3) is 22.1 Å². The van der Waals surface area contributed by atoms with Crippen molar-refractivity contribution in [1.82, 2.24) is 34.4 Å². The first-order chi connectivity index (χ1) is 15.2. The number of likely N-dealkylation sites (tertiary alicyclic amines) is 1. The Kier molecular flexibility index (Phi) is 5.29. The van der Waals surface area contributed by atoms with Crippen LogP contribution in [0.3, 0.4) is 0 Å². The third-order valence-electron chi connectivity index (χ3n) is 5.87. The molecule has 160 valence electrons. The highest BCUT2D eigenvalue weighted by Crippen LogP contribution is 2.25. The van der Waals surface area contributed by atoms with Crippen molar-refractivity contribution in [3.05, 3.63) is 52.1 Å². The van der Waals surface area contributed by atoms with Crippen molar-refractivity contribution in [3.63, 3.8) is 0 Å². The lowest BCUT2D eigenvalue weighted by Crippen LogP contribution is -2.32. The Hall–Kier alpha value is -3.04. The smallest absolute Gasteiger partial charge is 0.263 e. The van der Waals surface area contributed by atoms with E-state index in [2.05, 4.69) is 37.1 Å². The van der Waals surface area contributed by atoms with Gasteiger partial charge in [-0.1, -0.05) is 24.6 Å². The fourth-order valence-electron chi connectivity index (χ4n) is 4.30. The number of H-pyrrole nitrogens is 1. The number of rotatable bonds is 6. The second-order valence-electron chi connectivity index (χ2n) is 7.67. The molecule has 1 saturated heterocycles. The van der Waals surface area contributed by atoms with Gasteiger partial charge in [-0.3, -0.25) is 9.36 Å². The summed E-state index contributed by atoms with van der Waals surface area (Å²) in [6, 6.07) is 5.50. The van der Waals surface area contributed by atoms with Gasteiger partial charge in [-0.25, -0.2) is 19.9 Å². The SMILES string of the molecule is CCN1CCC(n2c(CCNc3ncnc4[nH]cnc34)nc3cccc(Cl)c3c2=O)C1. The standard InChI is InChI=1S/C21H23ClN8O/c1-2-29-9-7-13(10-29)30-16(28-15-5-3-4-14(22)17(15)21(30)31)6-8-23-19-18-20(25-11-24-18)27-12-26-19/h3-5,11-13H,2,6-10H2,1H3,(H2,23,24,25,26,27). The molecule has 9 nitrogen and oxygen atoms in total. The van der Waals surface area contributed by atoms with Gasteiger partial charge in [-0.05, 0) is 25.1 Å². The first kappa shape index (κ1) is 19.9. The van der Waals surface area contributed by atoms with Gasteiger partial charge in [0.15, 0.2) is 11.5 Å². The minimum Gasteiger partial charge on any atom is -0.368 e. The maximum Gasteiger partial charge on any atom is 0.263 e. The summed E-state index contributed by atoms with van der Waals surface area (Å²) in [5.74, 6) is 1.41. The van der Waals surface area contributed by atoms with Gasteiger partial charge in [0.25, 0.3) is 5.56 Å². The summed E-state index contributed by atoms with van der Waals surface area (Å²) in [5, 5.41) is 4.25. The molecule has 0 spiro atoms. The first-order valence-corrected chi connectivity index (χ1v) is 10.8. The lowest BCUT2D eigenvalue weighted by Gasteiger charge is -2.20. The number of anilines is 1. The Labute approximate surface area is 183 Å². The van der Waals surface area contributed by atoms with Crippen LogP contribution in [-0.4, -0.2) is 60.6 Å². The van der Waals surface area contributed by atoms with Crippen LogP contribution in [0.2, 0.25) is 5.02 Å². The molecule has 1 atom stereocenters. The topological polar surface area (TPSA) is 105 Å². The van der Waals surface area contributed by atoms with Crippen molar-refractivity contribution in [2.24, 2.45) is 0 Å². The molecule has 5 rings (SSSR count). The van der Waals surface area contributed by atoms with E-state index in [1.807, 2.05) is 16.7 Å². The quantitative estimate of drug-likeness (QED) is 0.476. The second kappa shape index (κ2) is 8.24. The molecule has 10 heteroatoms. The molecule has 1 aromatic carbocycles. The lowest BCUT2D eigenvalue weighted by molar-refractivity contribution is 0.337. The van der Waals surface area contributed by atoms with Crippen LogP contribution >= 0.6 is 11.6 Å². The molecular formula is C21H23ClN8O. The third-order valence-corrected chi connectivity index (χ3v) is 6.18. The fraction of sp³-hybridized carbons (Fsp3) is 0.381. The average Bonchev–Trinajstić information content (AvgIpc) is 3.43. The van der Waals surface area contributed by atoms with E-state index in [9.17, 15) is 4.79 Å². The molecule has 2 N–H and O–H groups in total. The van der Waals surface area contributed by atoms with Crippen LogP contribution < -0.4 is 10.9 Å². The maximum absolute atomic E-state index is 13.5. The molecule has 1 fully saturated rings. The summed E-state index contributed by atoms with van der Waals surface area (Å²) in [6.45, 7) is 5.49. The van der Waals surface area contributed by atoms with E-state index in [0.717, 1.165) is 31.9 Å². The van der Waals surface area contributed by atoms with E-state index < -0.39 is 0 Å². The number of nitrogens with one attached hydrogen (secondary N) is 2. The number of benzene rings is 1. The van der Waals surface area contributed by atoms with Crippen LogP contribution in [0.5, 0.6) is 0 Å². The third kappa shape index (κ3) is 3.64. The number of aromatic nitrogens is 6. The van der Waals surface area contributed by atoms with Crippen molar-refractivity contribution in [1.29, 1.82) is 0 Å². The molecule has 0 bridgehead atoms. The normalized spacial score (nSPS) is 17.0. The summed E-state index contributed by atoms with van der Waals surface area (Å²) >= 11 is 6.38. The van der Waals surface area contributed by atoms with Gasteiger partial charge in [0.2, 0.25) is 0 Å². The monoisotopic (exact) mass is 438 g/mol. The maximum atomic E-state index is 13.5. The number of hydrogen-bond acceptors (Lipinski definition) is 7. The number of aromatic amines is 1. The Morgan fingerprint density at radius 2 is 2.19 bits per heavy atom. The van der Waals surface area contributed by atoms with E-state index in [1.165, 1.54) is 6.33 Å². The summed E-state index contributed by atoms with van der Waals surface area (Å²) in [6.07, 6.45) is 4.57. The highest BCUT2D eigenvalue weighted by Gasteiger charge is 2.27. The summed E-state index contributed by atoms with van der Waals surface area (Å²) in [7, 11) is 0. The number of fused-ring (bicyclic) bond motifs is 2. The van der Waals surface area contributed by atoms with Gasteiger partial charge < -0.3 is 15.2 Å². The minimum absolute atomic E-state index is 0.0646.